The van der Waals surface area contributed by atoms with Crippen molar-refractivity contribution >= 4 is 12.1 Å². The first-order valence-corrected chi connectivity index (χ1v) is 8.18. The molecule has 3 aliphatic rings. The van der Waals surface area contributed by atoms with Crippen LogP contribution in [0.2, 0.25) is 0 Å². The summed E-state index contributed by atoms with van der Waals surface area (Å²) < 4.78 is 16.0. The fraction of sp³-hybridized carbons (Fsp3) is 0.647. The van der Waals surface area contributed by atoms with E-state index in [9.17, 15) is 9.59 Å². The Morgan fingerprint density at radius 1 is 1.26 bits per heavy atom. The van der Waals surface area contributed by atoms with E-state index in [-0.39, 0.29) is 23.9 Å². The third-order valence-corrected chi connectivity index (χ3v) is 4.93. The number of allylic oxidation sites excluding steroid dienone is 1. The zero-order chi connectivity index (χ0) is 16.4. The Labute approximate surface area is 136 Å². The number of nitrogens with zero attached hydrogens (tertiary/aromatic N) is 1. The van der Waals surface area contributed by atoms with Gasteiger partial charge < -0.3 is 19.1 Å². The number of hydrogen-bond acceptors (Lipinski definition) is 5. The van der Waals surface area contributed by atoms with Crippen molar-refractivity contribution in [3.05, 3.63) is 23.5 Å². The minimum absolute atomic E-state index is 0.0460. The molecule has 2 heterocycles. The van der Waals surface area contributed by atoms with E-state index in [2.05, 4.69) is 6.08 Å². The molecule has 0 saturated carbocycles. The number of piperidine rings is 1. The predicted octanol–water partition coefficient (Wildman–Crippen LogP) is 2.60. The molecule has 0 spiro atoms. The quantitative estimate of drug-likeness (QED) is 0.578. The van der Waals surface area contributed by atoms with Crippen molar-refractivity contribution in [3.63, 3.8) is 0 Å². The Kier molecular flexibility index (Phi) is 4.59. The average molecular weight is 321 g/mol. The lowest BCUT2D eigenvalue weighted by Crippen LogP contribution is -2.43. The zero-order valence-electron chi connectivity index (χ0n) is 13.6. The van der Waals surface area contributed by atoms with Crippen molar-refractivity contribution in [2.75, 3.05) is 20.2 Å². The molecule has 1 saturated heterocycles. The Balaban J connectivity index is 1.72. The fourth-order valence-corrected chi connectivity index (χ4v) is 3.62. The van der Waals surface area contributed by atoms with Gasteiger partial charge in [-0.1, -0.05) is 11.6 Å². The number of hydrogen-bond donors (Lipinski definition) is 0. The molecule has 3 unspecified atom stereocenters. The number of rotatable bonds is 2. The van der Waals surface area contributed by atoms with E-state index in [1.807, 2.05) is 6.92 Å². The van der Waals surface area contributed by atoms with Crippen LogP contribution < -0.4 is 0 Å². The van der Waals surface area contributed by atoms with Crippen LogP contribution in [0.3, 0.4) is 0 Å². The summed E-state index contributed by atoms with van der Waals surface area (Å²) in [6.07, 6.45) is 6.37. The number of esters is 1. The second kappa shape index (κ2) is 6.64. The molecular weight excluding hydrogens is 298 g/mol. The Bertz CT molecular complexity index is 547. The summed E-state index contributed by atoms with van der Waals surface area (Å²) in [6.45, 7) is 3.45. The molecule has 6 nitrogen and oxygen atoms in total. The molecule has 3 rings (SSSR count). The maximum absolute atomic E-state index is 12.3. The average Bonchev–Trinajstić information content (AvgIpc) is 2.97. The third kappa shape index (κ3) is 3.07. The highest BCUT2D eigenvalue weighted by atomic mass is 16.7. The van der Waals surface area contributed by atoms with Crippen molar-refractivity contribution in [2.45, 2.75) is 38.9 Å². The summed E-state index contributed by atoms with van der Waals surface area (Å²) in [5.74, 6) is -0.554. The third-order valence-electron chi connectivity index (χ3n) is 4.93. The van der Waals surface area contributed by atoms with Gasteiger partial charge in [0.05, 0.1) is 24.9 Å². The van der Waals surface area contributed by atoms with Gasteiger partial charge in [0, 0.05) is 19.0 Å². The Hall–Kier alpha value is -1.98. The van der Waals surface area contributed by atoms with E-state index in [4.69, 9.17) is 14.2 Å². The Morgan fingerprint density at radius 3 is 2.70 bits per heavy atom. The first-order valence-electron chi connectivity index (χ1n) is 8.18. The highest BCUT2D eigenvalue weighted by molar-refractivity contribution is 5.89. The molecule has 1 fully saturated rings. The minimum Gasteiger partial charge on any atom is -0.466 e. The molecule has 23 heavy (non-hydrogen) atoms. The highest BCUT2D eigenvalue weighted by Crippen LogP contribution is 2.43. The van der Waals surface area contributed by atoms with E-state index in [0.29, 0.717) is 5.57 Å². The summed E-state index contributed by atoms with van der Waals surface area (Å²) in [5, 5.41) is 0. The van der Waals surface area contributed by atoms with Crippen LogP contribution >= 0.6 is 0 Å². The Morgan fingerprint density at radius 2 is 2.00 bits per heavy atom. The lowest BCUT2D eigenvalue weighted by Gasteiger charge is -2.35. The molecule has 6 heteroatoms. The predicted molar refractivity (Wildman–Crippen MR) is 82.2 cm³/mol. The van der Waals surface area contributed by atoms with Crippen molar-refractivity contribution in [1.82, 2.24) is 4.90 Å². The SMILES string of the molecule is COC(=O)C1=COC(OC(=O)N2CCCCC2)C2C(C)=CCC12. The van der Waals surface area contributed by atoms with E-state index >= 15 is 0 Å². The van der Waals surface area contributed by atoms with Crippen LogP contribution in [-0.2, 0) is 19.0 Å². The van der Waals surface area contributed by atoms with Crippen molar-refractivity contribution in [3.8, 4) is 0 Å². The molecule has 3 atom stereocenters. The molecule has 0 aromatic heterocycles. The summed E-state index contributed by atoms with van der Waals surface area (Å²) in [6, 6.07) is 0. The summed E-state index contributed by atoms with van der Waals surface area (Å²) in [4.78, 5) is 25.9. The maximum Gasteiger partial charge on any atom is 0.412 e. The van der Waals surface area contributed by atoms with E-state index in [1.54, 1.807) is 4.90 Å². The van der Waals surface area contributed by atoms with Gasteiger partial charge in [0.1, 0.15) is 0 Å². The summed E-state index contributed by atoms with van der Waals surface area (Å²) in [7, 11) is 1.36. The monoisotopic (exact) mass is 321 g/mol. The highest BCUT2D eigenvalue weighted by Gasteiger charge is 2.45. The van der Waals surface area contributed by atoms with Crippen molar-refractivity contribution in [1.29, 1.82) is 0 Å². The van der Waals surface area contributed by atoms with E-state index in [0.717, 1.165) is 44.3 Å². The molecule has 0 aromatic rings. The topological polar surface area (TPSA) is 65.1 Å². The van der Waals surface area contributed by atoms with Crippen LogP contribution in [0.1, 0.15) is 32.6 Å². The molecule has 1 amide bonds. The molecular formula is C17H23NO5. The minimum atomic E-state index is -0.679. The number of fused-ring (bicyclic) bond motifs is 1. The largest absolute Gasteiger partial charge is 0.466 e. The molecule has 126 valence electrons. The van der Waals surface area contributed by atoms with Gasteiger partial charge in [-0.15, -0.1) is 0 Å². The number of ether oxygens (including phenoxy) is 3. The first-order chi connectivity index (χ1) is 11.1. The molecule has 0 N–H and O–H groups in total. The van der Waals surface area contributed by atoms with E-state index in [1.165, 1.54) is 13.4 Å². The van der Waals surface area contributed by atoms with Crippen molar-refractivity contribution in [2.24, 2.45) is 11.8 Å². The smallest absolute Gasteiger partial charge is 0.412 e. The first kappa shape index (κ1) is 15.9. The van der Waals surface area contributed by atoms with Crippen LogP contribution in [0, 0.1) is 11.8 Å². The molecule has 0 bridgehead atoms. The lowest BCUT2D eigenvalue weighted by atomic mass is 9.84. The van der Waals surface area contributed by atoms with Crippen molar-refractivity contribution < 1.29 is 23.8 Å². The summed E-state index contributed by atoms with van der Waals surface area (Å²) >= 11 is 0. The van der Waals surface area contributed by atoms with E-state index < -0.39 is 6.29 Å². The number of likely N-dealkylation sites (tertiary alicyclic amines) is 1. The number of methoxy groups -OCH3 is 1. The van der Waals surface area contributed by atoms with Crippen LogP contribution in [0.5, 0.6) is 0 Å². The molecule has 1 aliphatic carbocycles. The summed E-state index contributed by atoms with van der Waals surface area (Å²) in [5.41, 5.74) is 1.59. The van der Waals surface area contributed by atoms with Gasteiger partial charge in [0.15, 0.2) is 0 Å². The number of carbonyl (C=O) groups is 2. The molecule has 0 radical (unpaired) electrons. The van der Waals surface area contributed by atoms with Gasteiger partial charge in [-0.2, -0.15) is 0 Å². The van der Waals surface area contributed by atoms with Gasteiger partial charge in [-0.3, -0.25) is 0 Å². The standard InChI is InChI=1S/C17H23NO5/c1-11-6-7-12-13(15(19)21-2)10-22-16(14(11)12)23-17(20)18-8-4-3-5-9-18/h6,10,12,14,16H,3-5,7-9H2,1-2H3. The van der Waals surface area contributed by atoms with Gasteiger partial charge in [-0.25, -0.2) is 9.59 Å². The van der Waals surface area contributed by atoms with Gasteiger partial charge in [0.2, 0.25) is 0 Å². The van der Waals surface area contributed by atoms with Gasteiger partial charge >= 0.3 is 12.1 Å². The zero-order valence-corrected chi connectivity index (χ0v) is 13.6. The lowest BCUT2D eigenvalue weighted by molar-refractivity contribution is -0.142. The van der Waals surface area contributed by atoms with Gasteiger partial charge in [0.25, 0.3) is 6.29 Å². The second-order valence-electron chi connectivity index (χ2n) is 6.32. The van der Waals surface area contributed by atoms with Crippen LogP contribution in [-0.4, -0.2) is 43.5 Å². The number of carbonyl (C=O) groups excluding carboxylic acids is 2. The van der Waals surface area contributed by atoms with Crippen LogP contribution in [0.4, 0.5) is 4.79 Å². The fourth-order valence-electron chi connectivity index (χ4n) is 3.62. The normalized spacial score (nSPS) is 29.8. The molecule has 2 aliphatic heterocycles. The van der Waals surface area contributed by atoms with Crippen LogP contribution in [0.15, 0.2) is 23.5 Å². The van der Waals surface area contributed by atoms with Crippen LogP contribution in [0.25, 0.3) is 0 Å². The van der Waals surface area contributed by atoms with Gasteiger partial charge in [-0.05, 0) is 32.6 Å². The maximum atomic E-state index is 12.3. The number of amides is 1. The second-order valence-corrected chi connectivity index (χ2v) is 6.32. The molecule has 0 aromatic carbocycles.